The highest BCUT2D eigenvalue weighted by molar-refractivity contribution is 5.60. The molecule has 0 aromatic carbocycles. The van der Waals surface area contributed by atoms with Gasteiger partial charge in [0.05, 0.1) is 0 Å². The maximum absolute atomic E-state index is 12.9. The van der Waals surface area contributed by atoms with E-state index in [1.807, 2.05) is 0 Å². The number of hydrogen-bond donors (Lipinski definition) is 1. The fraction of sp³-hybridized carbons (Fsp3) is 0.312. The maximum Gasteiger partial charge on any atom is 0.408 e. The summed E-state index contributed by atoms with van der Waals surface area (Å²) in [6, 6.07) is 3.16. The van der Waals surface area contributed by atoms with Gasteiger partial charge in [-0.1, -0.05) is 0 Å². The third-order valence-electron chi connectivity index (χ3n) is 3.96. The number of pyridine rings is 1. The molecule has 0 bridgehead atoms. The molecule has 0 aliphatic heterocycles. The Morgan fingerprint density at radius 2 is 1.96 bits per heavy atom. The summed E-state index contributed by atoms with van der Waals surface area (Å²) in [5.41, 5.74) is -0.0772. The van der Waals surface area contributed by atoms with E-state index in [0.29, 0.717) is 16.1 Å². The van der Waals surface area contributed by atoms with Crippen LogP contribution in [0.5, 0.6) is 0 Å². The van der Waals surface area contributed by atoms with Crippen molar-refractivity contribution in [2.24, 2.45) is 0 Å². The third-order valence-corrected chi connectivity index (χ3v) is 3.96. The number of halogens is 3. The Kier molecular flexibility index (Phi) is 3.82. The summed E-state index contributed by atoms with van der Waals surface area (Å²) in [4.78, 5) is 27.2. The Hall–Kier alpha value is -3.04. The lowest BCUT2D eigenvalue weighted by Gasteiger charge is -2.08. The summed E-state index contributed by atoms with van der Waals surface area (Å²) in [7, 11) is 0. The number of H-pyrrole nitrogens is 1. The van der Waals surface area contributed by atoms with Crippen molar-refractivity contribution in [2.45, 2.75) is 31.5 Å². The summed E-state index contributed by atoms with van der Waals surface area (Å²) in [6.45, 7) is -1.36. The highest BCUT2D eigenvalue weighted by atomic mass is 19.4. The van der Waals surface area contributed by atoms with Crippen LogP contribution in [0.4, 0.5) is 13.2 Å². The Balaban J connectivity index is 1.81. The quantitative estimate of drug-likeness (QED) is 0.770. The van der Waals surface area contributed by atoms with E-state index in [1.165, 1.54) is 18.6 Å². The normalized spacial score (nSPS) is 14.6. The number of rotatable bonds is 4. The van der Waals surface area contributed by atoms with Crippen molar-refractivity contribution in [1.82, 2.24) is 29.7 Å². The molecular formula is C16H13F3N6O. The monoisotopic (exact) mass is 362 g/mol. The smallest absolute Gasteiger partial charge is 0.310 e. The van der Waals surface area contributed by atoms with Gasteiger partial charge >= 0.3 is 6.18 Å². The highest BCUT2D eigenvalue weighted by Crippen LogP contribution is 2.37. The zero-order valence-electron chi connectivity index (χ0n) is 13.4. The SMILES string of the molecule is O=c1[nH]c(C2CC2)ncc1-c1nc(-c2ccncc2)nn1CC(F)(F)F. The van der Waals surface area contributed by atoms with E-state index in [9.17, 15) is 18.0 Å². The highest BCUT2D eigenvalue weighted by Gasteiger charge is 2.32. The van der Waals surface area contributed by atoms with E-state index in [0.717, 1.165) is 12.8 Å². The average Bonchev–Trinajstić information content (AvgIpc) is 3.36. The van der Waals surface area contributed by atoms with Crippen molar-refractivity contribution in [3.05, 3.63) is 46.9 Å². The minimum atomic E-state index is -4.51. The van der Waals surface area contributed by atoms with Crippen molar-refractivity contribution in [1.29, 1.82) is 0 Å². The van der Waals surface area contributed by atoms with Crippen LogP contribution in [0.3, 0.4) is 0 Å². The van der Waals surface area contributed by atoms with Gasteiger partial charge in [-0.05, 0) is 25.0 Å². The summed E-state index contributed by atoms with van der Waals surface area (Å²) < 4.78 is 39.5. The minimum absolute atomic E-state index is 0.0496. The molecule has 1 aliphatic carbocycles. The van der Waals surface area contributed by atoms with Crippen LogP contribution in [0.15, 0.2) is 35.5 Å². The van der Waals surface area contributed by atoms with Crippen LogP contribution in [0.25, 0.3) is 22.8 Å². The van der Waals surface area contributed by atoms with Crippen molar-refractivity contribution >= 4 is 0 Å². The molecule has 10 heteroatoms. The lowest BCUT2D eigenvalue weighted by atomic mass is 10.2. The second-order valence-electron chi connectivity index (χ2n) is 6.05. The average molecular weight is 362 g/mol. The molecule has 1 N–H and O–H groups in total. The van der Waals surface area contributed by atoms with Gasteiger partial charge in [0, 0.05) is 30.1 Å². The molecule has 3 aromatic heterocycles. The Bertz CT molecular complexity index is 991. The van der Waals surface area contributed by atoms with E-state index in [-0.39, 0.29) is 23.1 Å². The molecule has 3 heterocycles. The largest absolute Gasteiger partial charge is 0.408 e. The van der Waals surface area contributed by atoms with Crippen molar-refractivity contribution in [3.63, 3.8) is 0 Å². The van der Waals surface area contributed by atoms with Crippen LogP contribution in [0.1, 0.15) is 24.6 Å². The molecule has 0 saturated heterocycles. The van der Waals surface area contributed by atoms with Crippen LogP contribution in [-0.4, -0.2) is 35.9 Å². The molecule has 0 unspecified atom stereocenters. The standard InChI is InChI=1S/C16H13F3N6O/c17-16(18,19)8-25-14(22-13(24-25)10-3-5-20-6-4-10)11-7-21-12(9-1-2-9)23-15(11)26/h3-7,9H,1-2,8H2,(H,21,23,26). The number of nitrogens with zero attached hydrogens (tertiary/aromatic N) is 5. The molecule has 0 spiro atoms. The van der Waals surface area contributed by atoms with Crippen LogP contribution < -0.4 is 5.56 Å². The molecule has 134 valence electrons. The predicted molar refractivity (Wildman–Crippen MR) is 85.1 cm³/mol. The van der Waals surface area contributed by atoms with Gasteiger partial charge in [0.15, 0.2) is 11.6 Å². The number of aromatic nitrogens is 6. The van der Waals surface area contributed by atoms with Crippen molar-refractivity contribution < 1.29 is 13.2 Å². The predicted octanol–water partition coefficient (Wildman–Crippen LogP) is 2.53. The second-order valence-corrected chi connectivity index (χ2v) is 6.05. The van der Waals surface area contributed by atoms with Gasteiger partial charge in [-0.3, -0.25) is 9.78 Å². The maximum atomic E-state index is 12.9. The first-order chi connectivity index (χ1) is 12.4. The fourth-order valence-electron chi connectivity index (χ4n) is 2.58. The van der Waals surface area contributed by atoms with Gasteiger partial charge in [-0.15, -0.1) is 0 Å². The lowest BCUT2D eigenvalue weighted by molar-refractivity contribution is -0.142. The topological polar surface area (TPSA) is 89.3 Å². The van der Waals surface area contributed by atoms with E-state index < -0.39 is 18.3 Å². The van der Waals surface area contributed by atoms with Crippen LogP contribution >= 0.6 is 0 Å². The van der Waals surface area contributed by atoms with Gasteiger partial charge in [0.1, 0.15) is 17.9 Å². The Morgan fingerprint density at radius 1 is 1.23 bits per heavy atom. The van der Waals surface area contributed by atoms with Gasteiger partial charge in [-0.25, -0.2) is 14.6 Å². The molecule has 0 atom stereocenters. The van der Waals surface area contributed by atoms with Gasteiger partial charge in [0.25, 0.3) is 5.56 Å². The zero-order valence-corrected chi connectivity index (χ0v) is 13.4. The van der Waals surface area contributed by atoms with Crippen LogP contribution in [0.2, 0.25) is 0 Å². The summed E-state index contributed by atoms with van der Waals surface area (Å²) in [5.74, 6) is 0.676. The number of nitrogens with one attached hydrogen (secondary N) is 1. The number of hydrogen-bond acceptors (Lipinski definition) is 5. The summed E-state index contributed by atoms with van der Waals surface area (Å²) in [5, 5.41) is 3.93. The molecule has 7 nitrogen and oxygen atoms in total. The molecular weight excluding hydrogens is 349 g/mol. The summed E-state index contributed by atoms with van der Waals surface area (Å²) in [6.07, 6.45) is 1.61. The fourth-order valence-corrected chi connectivity index (χ4v) is 2.58. The van der Waals surface area contributed by atoms with Gasteiger partial charge in [0.2, 0.25) is 0 Å². The molecule has 4 rings (SSSR count). The first-order valence-electron chi connectivity index (χ1n) is 7.92. The number of aromatic amines is 1. The molecule has 0 radical (unpaired) electrons. The molecule has 1 saturated carbocycles. The first-order valence-corrected chi connectivity index (χ1v) is 7.92. The molecule has 3 aromatic rings. The number of alkyl halides is 3. The van der Waals surface area contributed by atoms with E-state index in [4.69, 9.17) is 0 Å². The van der Waals surface area contributed by atoms with Gasteiger partial charge in [-0.2, -0.15) is 18.3 Å². The Labute approximate surface area is 145 Å². The van der Waals surface area contributed by atoms with E-state index in [1.54, 1.807) is 12.1 Å². The zero-order chi connectivity index (χ0) is 18.3. The minimum Gasteiger partial charge on any atom is -0.310 e. The second kappa shape index (κ2) is 6.04. The molecule has 1 fully saturated rings. The molecule has 26 heavy (non-hydrogen) atoms. The van der Waals surface area contributed by atoms with Crippen molar-refractivity contribution in [2.75, 3.05) is 0 Å². The molecule has 1 aliphatic rings. The van der Waals surface area contributed by atoms with Crippen LogP contribution in [0, 0.1) is 0 Å². The lowest BCUT2D eigenvalue weighted by Crippen LogP contribution is -2.22. The van der Waals surface area contributed by atoms with Crippen LogP contribution in [-0.2, 0) is 6.54 Å². The van der Waals surface area contributed by atoms with Gasteiger partial charge < -0.3 is 4.98 Å². The third kappa shape index (κ3) is 3.35. The van der Waals surface area contributed by atoms with E-state index >= 15 is 0 Å². The first kappa shape index (κ1) is 16.4. The van der Waals surface area contributed by atoms with Crippen molar-refractivity contribution in [3.8, 4) is 22.8 Å². The summed E-state index contributed by atoms with van der Waals surface area (Å²) >= 11 is 0. The van der Waals surface area contributed by atoms with E-state index in [2.05, 4.69) is 25.0 Å². The molecule has 0 amide bonds. The Morgan fingerprint density at radius 3 is 2.58 bits per heavy atom.